The lowest BCUT2D eigenvalue weighted by atomic mass is 10.2. The Morgan fingerprint density at radius 2 is 2.17 bits per heavy atom. The molecule has 0 aliphatic heterocycles. The first kappa shape index (κ1) is 12.4. The van der Waals surface area contributed by atoms with E-state index in [1.54, 1.807) is 13.4 Å². The number of benzene rings is 1. The molecule has 1 heterocycles. The Labute approximate surface area is 107 Å². The van der Waals surface area contributed by atoms with Crippen LogP contribution in [0.3, 0.4) is 0 Å². The van der Waals surface area contributed by atoms with Crippen LogP contribution in [0.15, 0.2) is 35.7 Å². The summed E-state index contributed by atoms with van der Waals surface area (Å²) in [4.78, 5) is 8.85. The zero-order chi connectivity index (χ0) is 13.1. The van der Waals surface area contributed by atoms with E-state index in [0.29, 0.717) is 0 Å². The number of imidazole rings is 1. The molecule has 0 aliphatic carbocycles. The van der Waals surface area contributed by atoms with Crippen LogP contribution in [0.1, 0.15) is 18.2 Å². The van der Waals surface area contributed by atoms with Gasteiger partial charge in [-0.15, -0.1) is 0 Å². The minimum Gasteiger partial charge on any atom is -0.494 e. The van der Waals surface area contributed by atoms with E-state index in [9.17, 15) is 0 Å². The standard InChI is InChI=1S/C14H17N3O/c1-10-5-6-12(14(7-10)18-4)16-11(2)13-8-17(3)9-15-13/h5-9H,1-4H3. The second-order valence-corrected chi connectivity index (χ2v) is 4.30. The van der Waals surface area contributed by atoms with Gasteiger partial charge in [-0.2, -0.15) is 0 Å². The molecule has 2 aromatic rings. The van der Waals surface area contributed by atoms with Crippen molar-refractivity contribution < 1.29 is 4.74 Å². The molecule has 1 aromatic carbocycles. The van der Waals surface area contributed by atoms with Gasteiger partial charge in [0.05, 0.1) is 19.1 Å². The number of hydrogen-bond donors (Lipinski definition) is 0. The Kier molecular flexibility index (Phi) is 3.46. The maximum Gasteiger partial charge on any atom is 0.144 e. The molecule has 18 heavy (non-hydrogen) atoms. The maximum absolute atomic E-state index is 5.34. The smallest absolute Gasteiger partial charge is 0.144 e. The molecule has 0 unspecified atom stereocenters. The number of aromatic nitrogens is 2. The van der Waals surface area contributed by atoms with Crippen LogP contribution in [0.2, 0.25) is 0 Å². The van der Waals surface area contributed by atoms with Crippen LogP contribution in [0.25, 0.3) is 0 Å². The average molecular weight is 243 g/mol. The van der Waals surface area contributed by atoms with Gasteiger partial charge in [0, 0.05) is 13.2 Å². The van der Waals surface area contributed by atoms with E-state index in [1.807, 2.05) is 49.9 Å². The summed E-state index contributed by atoms with van der Waals surface area (Å²) in [6, 6.07) is 5.96. The summed E-state index contributed by atoms with van der Waals surface area (Å²) in [5, 5.41) is 0. The molecule has 1 aromatic heterocycles. The van der Waals surface area contributed by atoms with Crippen molar-refractivity contribution in [2.75, 3.05) is 7.11 Å². The number of methoxy groups -OCH3 is 1. The molecular weight excluding hydrogens is 226 g/mol. The summed E-state index contributed by atoms with van der Waals surface area (Å²) in [7, 11) is 3.60. The monoisotopic (exact) mass is 243 g/mol. The minimum atomic E-state index is 0.783. The van der Waals surface area contributed by atoms with E-state index < -0.39 is 0 Å². The largest absolute Gasteiger partial charge is 0.494 e. The van der Waals surface area contributed by atoms with Gasteiger partial charge in [0.15, 0.2) is 0 Å². The second kappa shape index (κ2) is 5.04. The summed E-state index contributed by atoms with van der Waals surface area (Å²) in [6.07, 6.45) is 3.71. The molecule has 0 saturated heterocycles. The Bertz CT molecular complexity index is 584. The summed E-state index contributed by atoms with van der Waals surface area (Å²) in [5.74, 6) is 0.783. The maximum atomic E-state index is 5.34. The quantitative estimate of drug-likeness (QED) is 0.777. The molecule has 0 atom stereocenters. The van der Waals surface area contributed by atoms with E-state index in [4.69, 9.17) is 4.74 Å². The van der Waals surface area contributed by atoms with Gasteiger partial charge in [-0.3, -0.25) is 0 Å². The molecule has 94 valence electrons. The van der Waals surface area contributed by atoms with E-state index in [1.165, 1.54) is 0 Å². The van der Waals surface area contributed by atoms with Crippen molar-refractivity contribution in [2.45, 2.75) is 13.8 Å². The van der Waals surface area contributed by atoms with Crippen LogP contribution >= 0.6 is 0 Å². The highest BCUT2D eigenvalue weighted by Crippen LogP contribution is 2.28. The fourth-order valence-corrected chi connectivity index (χ4v) is 1.71. The average Bonchev–Trinajstić information content (AvgIpc) is 2.78. The molecule has 0 spiro atoms. The highest BCUT2D eigenvalue weighted by atomic mass is 16.5. The Morgan fingerprint density at radius 3 is 2.78 bits per heavy atom. The number of rotatable bonds is 3. The fraction of sp³-hybridized carbons (Fsp3) is 0.286. The molecule has 0 saturated carbocycles. The van der Waals surface area contributed by atoms with Gasteiger partial charge in [0.25, 0.3) is 0 Å². The van der Waals surface area contributed by atoms with Gasteiger partial charge in [0.1, 0.15) is 17.1 Å². The lowest BCUT2D eigenvalue weighted by molar-refractivity contribution is 0.416. The summed E-state index contributed by atoms with van der Waals surface area (Å²) in [6.45, 7) is 3.98. The number of aryl methyl sites for hydroxylation is 2. The van der Waals surface area contributed by atoms with Gasteiger partial charge in [-0.1, -0.05) is 6.07 Å². The first-order valence-corrected chi connectivity index (χ1v) is 5.78. The molecule has 0 amide bonds. The van der Waals surface area contributed by atoms with Gasteiger partial charge in [-0.05, 0) is 31.5 Å². The van der Waals surface area contributed by atoms with Crippen molar-refractivity contribution in [3.8, 4) is 5.75 Å². The predicted octanol–water partition coefficient (Wildman–Crippen LogP) is 2.88. The number of aliphatic imine (C=N–C) groups is 1. The van der Waals surface area contributed by atoms with Crippen molar-refractivity contribution in [2.24, 2.45) is 12.0 Å². The zero-order valence-electron chi connectivity index (χ0n) is 11.1. The molecule has 0 N–H and O–H groups in total. The van der Waals surface area contributed by atoms with E-state index >= 15 is 0 Å². The Balaban J connectivity index is 2.38. The van der Waals surface area contributed by atoms with Crippen LogP contribution in [0, 0.1) is 6.92 Å². The van der Waals surface area contributed by atoms with Crippen molar-refractivity contribution in [3.63, 3.8) is 0 Å². The molecule has 0 fully saturated rings. The lowest BCUT2D eigenvalue weighted by Crippen LogP contribution is -1.95. The lowest BCUT2D eigenvalue weighted by Gasteiger charge is -2.06. The van der Waals surface area contributed by atoms with E-state index in [2.05, 4.69) is 9.98 Å². The third-order valence-corrected chi connectivity index (χ3v) is 2.70. The SMILES string of the molecule is COc1cc(C)ccc1N=C(C)c1cn(C)cn1. The second-order valence-electron chi connectivity index (χ2n) is 4.30. The molecule has 0 bridgehead atoms. The number of ether oxygens (including phenoxy) is 1. The van der Waals surface area contributed by atoms with Gasteiger partial charge in [-0.25, -0.2) is 9.98 Å². The van der Waals surface area contributed by atoms with E-state index in [-0.39, 0.29) is 0 Å². The Morgan fingerprint density at radius 1 is 1.39 bits per heavy atom. The number of nitrogens with zero attached hydrogens (tertiary/aromatic N) is 3. The van der Waals surface area contributed by atoms with Crippen molar-refractivity contribution in [1.29, 1.82) is 0 Å². The van der Waals surface area contributed by atoms with Crippen molar-refractivity contribution in [3.05, 3.63) is 42.0 Å². The molecule has 2 rings (SSSR count). The first-order valence-electron chi connectivity index (χ1n) is 5.78. The van der Waals surface area contributed by atoms with Crippen LogP contribution in [-0.4, -0.2) is 22.4 Å². The Hall–Kier alpha value is -2.10. The first-order chi connectivity index (χ1) is 8.60. The topological polar surface area (TPSA) is 39.4 Å². The third-order valence-electron chi connectivity index (χ3n) is 2.70. The van der Waals surface area contributed by atoms with Crippen LogP contribution < -0.4 is 4.74 Å². The van der Waals surface area contributed by atoms with Crippen molar-refractivity contribution in [1.82, 2.24) is 9.55 Å². The van der Waals surface area contributed by atoms with Crippen LogP contribution in [0.5, 0.6) is 5.75 Å². The number of hydrogen-bond acceptors (Lipinski definition) is 3. The summed E-state index contributed by atoms with van der Waals surface area (Å²) >= 11 is 0. The molecule has 4 heteroatoms. The normalized spacial score (nSPS) is 11.7. The van der Waals surface area contributed by atoms with Gasteiger partial charge < -0.3 is 9.30 Å². The molecule has 0 aliphatic rings. The summed E-state index contributed by atoms with van der Waals surface area (Å²) < 4.78 is 7.24. The van der Waals surface area contributed by atoms with E-state index in [0.717, 1.165) is 28.4 Å². The van der Waals surface area contributed by atoms with Crippen LogP contribution in [-0.2, 0) is 7.05 Å². The highest BCUT2D eigenvalue weighted by Gasteiger charge is 2.05. The predicted molar refractivity (Wildman–Crippen MR) is 72.8 cm³/mol. The molecule has 0 radical (unpaired) electrons. The molecular formula is C14H17N3O. The van der Waals surface area contributed by atoms with Crippen LogP contribution in [0.4, 0.5) is 5.69 Å². The van der Waals surface area contributed by atoms with Gasteiger partial charge in [0.2, 0.25) is 0 Å². The minimum absolute atomic E-state index is 0.783. The third kappa shape index (κ3) is 2.59. The summed E-state index contributed by atoms with van der Waals surface area (Å²) in [5.41, 5.74) is 3.73. The zero-order valence-corrected chi connectivity index (χ0v) is 11.1. The van der Waals surface area contributed by atoms with Gasteiger partial charge >= 0.3 is 0 Å². The van der Waals surface area contributed by atoms with Crippen molar-refractivity contribution >= 4 is 11.4 Å². The highest BCUT2D eigenvalue weighted by molar-refractivity contribution is 5.98. The fourth-order valence-electron chi connectivity index (χ4n) is 1.71. The molecule has 4 nitrogen and oxygen atoms in total.